The quantitative estimate of drug-likeness (QED) is 0.821. The number of sulfone groups is 1. The molecule has 0 aromatic carbocycles. The van der Waals surface area contributed by atoms with Crippen molar-refractivity contribution in [2.24, 2.45) is 0 Å². The molecule has 1 aromatic rings. The molecule has 0 bridgehead atoms. The Kier molecular flexibility index (Phi) is 5.30. The van der Waals surface area contributed by atoms with E-state index in [0.29, 0.717) is 25.3 Å². The van der Waals surface area contributed by atoms with E-state index in [9.17, 15) is 13.2 Å². The van der Waals surface area contributed by atoms with Gasteiger partial charge < -0.3 is 9.80 Å². The molecule has 1 aromatic heterocycles. The average molecular weight is 327 g/mol. The second kappa shape index (κ2) is 7.01. The van der Waals surface area contributed by atoms with Crippen LogP contribution in [0.25, 0.3) is 0 Å². The number of rotatable bonds is 5. The van der Waals surface area contributed by atoms with E-state index in [1.54, 1.807) is 4.90 Å². The molecule has 1 aliphatic heterocycles. The van der Waals surface area contributed by atoms with Crippen molar-refractivity contribution >= 4 is 21.7 Å². The number of anilines is 1. The van der Waals surface area contributed by atoms with Crippen molar-refractivity contribution in [1.82, 2.24) is 19.8 Å². The molecule has 1 atom stereocenters. The minimum Gasteiger partial charge on any atom is -0.319 e. The van der Waals surface area contributed by atoms with Gasteiger partial charge in [0.25, 0.3) is 0 Å². The Bertz CT molecular complexity index is 605. The molecule has 2 heterocycles. The monoisotopic (exact) mass is 327 g/mol. The van der Waals surface area contributed by atoms with Crippen molar-refractivity contribution < 1.29 is 13.2 Å². The maximum Gasteiger partial charge on any atom is 0.323 e. The van der Waals surface area contributed by atoms with Gasteiger partial charge in [-0.05, 0) is 20.5 Å². The Morgan fingerprint density at radius 3 is 2.68 bits per heavy atom. The summed E-state index contributed by atoms with van der Waals surface area (Å²) >= 11 is 0. The summed E-state index contributed by atoms with van der Waals surface area (Å²) in [5.41, 5.74) is 0. The first kappa shape index (κ1) is 16.6. The van der Waals surface area contributed by atoms with Crippen molar-refractivity contribution in [2.75, 3.05) is 44.0 Å². The molecule has 8 nitrogen and oxygen atoms in total. The first-order valence-corrected chi connectivity index (χ1v) is 8.88. The van der Waals surface area contributed by atoms with Gasteiger partial charge in [0.05, 0.1) is 17.7 Å². The van der Waals surface area contributed by atoms with Gasteiger partial charge >= 0.3 is 6.03 Å². The van der Waals surface area contributed by atoms with E-state index in [-0.39, 0.29) is 23.6 Å². The Hall–Kier alpha value is -1.74. The summed E-state index contributed by atoms with van der Waals surface area (Å²) in [5.74, 6) is 0.506. The van der Waals surface area contributed by atoms with Crippen LogP contribution >= 0.6 is 0 Å². The van der Waals surface area contributed by atoms with Crippen molar-refractivity contribution in [1.29, 1.82) is 0 Å². The number of nitrogens with zero attached hydrogens (tertiary/aromatic N) is 4. The molecule has 2 rings (SSSR count). The van der Waals surface area contributed by atoms with E-state index >= 15 is 0 Å². The number of amides is 2. The fraction of sp³-hybridized carbons (Fsp3) is 0.615. The summed E-state index contributed by atoms with van der Waals surface area (Å²) < 4.78 is 23.3. The highest BCUT2D eigenvalue weighted by molar-refractivity contribution is 7.91. The van der Waals surface area contributed by atoms with Crippen LogP contribution in [0.3, 0.4) is 0 Å². The summed E-state index contributed by atoms with van der Waals surface area (Å²) in [6.45, 7) is 1.11. The van der Waals surface area contributed by atoms with Crippen molar-refractivity contribution in [3.05, 3.63) is 18.6 Å². The fourth-order valence-electron chi connectivity index (χ4n) is 2.32. The molecule has 122 valence electrons. The third kappa shape index (κ3) is 4.63. The first-order chi connectivity index (χ1) is 10.4. The highest BCUT2D eigenvalue weighted by Crippen LogP contribution is 2.18. The number of urea groups is 1. The number of nitrogens with one attached hydrogen (secondary N) is 1. The van der Waals surface area contributed by atoms with Crippen molar-refractivity contribution in [3.8, 4) is 0 Å². The molecule has 1 fully saturated rings. The Morgan fingerprint density at radius 1 is 1.36 bits per heavy atom. The predicted molar refractivity (Wildman–Crippen MR) is 83.4 cm³/mol. The van der Waals surface area contributed by atoms with Gasteiger partial charge in [0.15, 0.2) is 15.7 Å². The van der Waals surface area contributed by atoms with E-state index < -0.39 is 9.84 Å². The maximum atomic E-state index is 12.5. The van der Waals surface area contributed by atoms with Gasteiger partial charge in [-0.15, -0.1) is 0 Å². The molecular formula is C13H21N5O3S. The Morgan fingerprint density at radius 2 is 2.14 bits per heavy atom. The highest BCUT2D eigenvalue weighted by atomic mass is 32.2. The SMILES string of the molecule is CN(C)CCN(C(=O)Nc1cnccn1)C1CCS(=O)(=O)C1. The number of aromatic nitrogens is 2. The zero-order chi connectivity index (χ0) is 16.2. The van der Waals surface area contributed by atoms with Gasteiger partial charge in [-0.25, -0.2) is 18.2 Å². The summed E-state index contributed by atoms with van der Waals surface area (Å²) in [6.07, 6.45) is 4.93. The second-order valence-corrected chi connectivity index (χ2v) is 7.80. The van der Waals surface area contributed by atoms with Gasteiger partial charge in [-0.1, -0.05) is 0 Å². The standard InChI is InChI=1S/C13H21N5O3S/c1-17(2)6-7-18(11-3-8-22(20,21)10-11)13(19)16-12-9-14-4-5-15-12/h4-5,9,11H,3,6-8,10H2,1-2H3,(H,15,16,19). The lowest BCUT2D eigenvalue weighted by Crippen LogP contribution is -2.46. The van der Waals surface area contributed by atoms with Crippen molar-refractivity contribution in [3.63, 3.8) is 0 Å². The first-order valence-electron chi connectivity index (χ1n) is 7.06. The van der Waals surface area contributed by atoms with E-state index in [4.69, 9.17) is 0 Å². The van der Waals surface area contributed by atoms with Gasteiger partial charge in [0.2, 0.25) is 0 Å². The molecule has 0 spiro atoms. The van der Waals surface area contributed by atoms with Crippen LogP contribution in [0, 0.1) is 0 Å². The van der Waals surface area contributed by atoms with E-state index in [2.05, 4.69) is 15.3 Å². The maximum absolute atomic E-state index is 12.5. The summed E-state index contributed by atoms with van der Waals surface area (Å²) in [7, 11) is 0.765. The molecular weight excluding hydrogens is 306 g/mol. The molecule has 9 heteroatoms. The molecule has 22 heavy (non-hydrogen) atoms. The normalized spacial score (nSPS) is 20.0. The minimum atomic E-state index is -3.05. The molecule has 0 saturated carbocycles. The van der Waals surface area contributed by atoms with Gasteiger partial charge in [-0.2, -0.15) is 0 Å². The summed E-state index contributed by atoms with van der Waals surface area (Å²) in [5, 5.41) is 2.67. The molecule has 1 saturated heterocycles. The van der Waals surface area contributed by atoms with E-state index in [1.165, 1.54) is 18.6 Å². The van der Waals surface area contributed by atoms with Gasteiger partial charge in [0.1, 0.15) is 0 Å². The Labute approximate surface area is 130 Å². The molecule has 2 amide bonds. The predicted octanol–water partition coefficient (Wildman–Crippen LogP) is 0.0592. The number of hydrogen-bond donors (Lipinski definition) is 1. The third-order valence-corrected chi connectivity index (χ3v) is 5.25. The lowest BCUT2D eigenvalue weighted by atomic mass is 10.2. The average Bonchev–Trinajstić information content (AvgIpc) is 2.80. The van der Waals surface area contributed by atoms with Crippen LogP contribution in [0.5, 0.6) is 0 Å². The number of hydrogen-bond acceptors (Lipinski definition) is 6. The largest absolute Gasteiger partial charge is 0.323 e. The molecule has 0 radical (unpaired) electrons. The van der Waals surface area contributed by atoms with Gasteiger partial charge in [0, 0.05) is 31.5 Å². The molecule has 1 N–H and O–H groups in total. The zero-order valence-electron chi connectivity index (χ0n) is 12.8. The zero-order valence-corrected chi connectivity index (χ0v) is 13.6. The second-order valence-electron chi connectivity index (χ2n) is 5.57. The molecule has 0 aliphatic carbocycles. The van der Waals surface area contributed by atoms with Crippen LogP contribution in [0.1, 0.15) is 6.42 Å². The van der Waals surface area contributed by atoms with E-state index in [1.807, 2.05) is 19.0 Å². The molecule has 1 aliphatic rings. The lowest BCUT2D eigenvalue weighted by Gasteiger charge is -2.29. The minimum absolute atomic E-state index is 0.0221. The van der Waals surface area contributed by atoms with Crippen LogP contribution in [0.4, 0.5) is 10.6 Å². The van der Waals surface area contributed by atoms with Crippen LogP contribution < -0.4 is 5.32 Å². The number of carbonyl (C=O) groups is 1. The number of likely N-dealkylation sites (N-methyl/N-ethyl adjacent to an activating group) is 1. The Balaban J connectivity index is 2.08. The van der Waals surface area contributed by atoms with Crippen LogP contribution in [-0.4, -0.2) is 78.9 Å². The summed E-state index contributed by atoms with van der Waals surface area (Å²) in [6, 6.07) is -0.633. The third-order valence-electron chi connectivity index (χ3n) is 3.50. The van der Waals surface area contributed by atoms with Gasteiger partial charge in [-0.3, -0.25) is 10.3 Å². The van der Waals surface area contributed by atoms with Crippen LogP contribution in [0.15, 0.2) is 18.6 Å². The van der Waals surface area contributed by atoms with Crippen molar-refractivity contribution in [2.45, 2.75) is 12.5 Å². The topological polar surface area (TPSA) is 95.5 Å². The molecule has 1 unspecified atom stereocenters. The number of carbonyl (C=O) groups excluding carboxylic acids is 1. The van der Waals surface area contributed by atoms with E-state index in [0.717, 1.165) is 0 Å². The smallest absolute Gasteiger partial charge is 0.319 e. The lowest BCUT2D eigenvalue weighted by molar-refractivity contribution is 0.186. The summed E-state index contributed by atoms with van der Waals surface area (Å²) in [4.78, 5) is 23.9. The van der Waals surface area contributed by atoms with Crippen LogP contribution in [-0.2, 0) is 9.84 Å². The fourth-order valence-corrected chi connectivity index (χ4v) is 4.05. The highest BCUT2D eigenvalue weighted by Gasteiger charge is 2.34. The van der Waals surface area contributed by atoms with Crippen LogP contribution in [0.2, 0.25) is 0 Å².